The molecule has 0 amide bonds. The number of hydrogen-bond acceptors (Lipinski definition) is 4. The van der Waals surface area contributed by atoms with Gasteiger partial charge in [0.2, 0.25) is 5.95 Å². The molecule has 46 heavy (non-hydrogen) atoms. The summed E-state index contributed by atoms with van der Waals surface area (Å²) in [4.78, 5) is 18.9. The molecule has 6 heteroatoms. The first-order valence-electron chi connectivity index (χ1n) is 15.0. The Balaban J connectivity index is 1.30. The van der Waals surface area contributed by atoms with Crippen LogP contribution in [0.1, 0.15) is 0 Å². The molecule has 0 aliphatic carbocycles. The van der Waals surface area contributed by atoms with Gasteiger partial charge in [-0.25, -0.2) is 9.83 Å². The highest BCUT2D eigenvalue weighted by Crippen LogP contribution is 2.38. The zero-order chi connectivity index (χ0) is 30.6. The van der Waals surface area contributed by atoms with Gasteiger partial charge in [0.25, 0.3) is 0 Å². The number of nitrogens with zero attached hydrogens (tertiary/aromatic N) is 5. The first-order valence-corrected chi connectivity index (χ1v) is 15.0. The summed E-state index contributed by atoms with van der Waals surface area (Å²) in [5.74, 6) is 1.59. The van der Waals surface area contributed by atoms with Crippen LogP contribution in [0.25, 0.3) is 88.4 Å². The Bertz CT molecular complexity index is 2590. The fourth-order valence-corrected chi connectivity index (χ4v) is 6.33. The van der Waals surface area contributed by atoms with E-state index in [1.54, 1.807) is 6.07 Å². The van der Waals surface area contributed by atoms with Crippen LogP contribution in [-0.4, -0.2) is 19.5 Å². The van der Waals surface area contributed by atoms with Gasteiger partial charge in [0.15, 0.2) is 17.3 Å². The lowest BCUT2D eigenvalue weighted by atomic mass is 10.0. The Labute approximate surface area is 263 Å². The Morgan fingerprint density at radius 1 is 0.522 bits per heavy atom. The van der Waals surface area contributed by atoms with E-state index in [1.165, 1.54) is 0 Å². The Morgan fingerprint density at radius 2 is 1.15 bits per heavy atom. The van der Waals surface area contributed by atoms with Crippen molar-refractivity contribution in [2.45, 2.75) is 0 Å². The first-order chi connectivity index (χ1) is 22.7. The highest BCUT2D eigenvalue weighted by atomic mass is 16.3. The monoisotopic (exact) mass is 589 g/mol. The molecule has 0 aliphatic rings. The summed E-state index contributed by atoms with van der Waals surface area (Å²) >= 11 is 0. The summed E-state index contributed by atoms with van der Waals surface area (Å²) in [6, 6.07) is 46.8. The number of benzene rings is 6. The maximum Gasteiger partial charge on any atom is 0.238 e. The fourth-order valence-electron chi connectivity index (χ4n) is 6.33. The van der Waals surface area contributed by atoms with E-state index in [9.17, 15) is 0 Å². The summed E-state index contributed by atoms with van der Waals surface area (Å²) in [6.45, 7) is 7.46. The molecule has 9 aromatic rings. The van der Waals surface area contributed by atoms with E-state index in [0.29, 0.717) is 34.5 Å². The number of rotatable bonds is 4. The molecule has 0 fully saturated rings. The average molecular weight is 590 g/mol. The van der Waals surface area contributed by atoms with E-state index < -0.39 is 0 Å². The third-order valence-electron chi connectivity index (χ3n) is 8.51. The van der Waals surface area contributed by atoms with Crippen molar-refractivity contribution in [1.82, 2.24) is 19.5 Å². The van der Waals surface area contributed by atoms with Gasteiger partial charge in [0.05, 0.1) is 23.2 Å². The lowest BCUT2D eigenvalue weighted by Crippen LogP contribution is -2.06. The van der Waals surface area contributed by atoms with E-state index in [4.69, 9.17) is 25.9 Å². The molecular weight excluding hydrogens is 566 g/mol. The number of aromatic nitrogens is 4. The summed E-state index contributed by atoms with van der Waals surface area (Å²) < 4.78 is 8.52. The molecule has 0 atom stereocenters. The zero-order valence-corrected chi connectivity index (χ0v) is 24.4. The SMILES string of the molecule is [C-]#[N+]c1ccc2c(c1)oc1c(-c3nc(-c4ccc(-c5ccccc5)cc4)nc(-n4c5ccccc5c5ccccc54)n3)cccc12. The van der Waals surface area contributed by atoms with Crippen molar-refractivity contribution in [2.24, 2.45) is 0 Å². The molecule has 0 spiro atoms. The molecule has 9 rings (SSSR count). The quantitative estimate of drug-likeness (QED) is 0.192. The molecule has 0 aliphatic heterocycles. The van der Waals surface area contributed by atoms with E-state index in [-0.39, 0.29) is 0 Å². The molecule has 6 aromatic carbocycles. The van der Waals surface area contributed by atoms with Gasteiger partial charge < -0.3 is 4.42 Å². The number of hydrogen-bond donors (Lipinski definition) is 0. The van der Waals surface area contributed by atoms with E-state index in [0.717, 1.165) is 54.8 Å². The second-order valence-electron chi connectivity index (χ2n) is 11.2. The number of fused-ring (bicyclic) bond motifs is 6. The minimum absolute atomic E-state index is 0.504. The summed E-state index contributed by atoms with van der Waals surface area (Å²) in [7, 11) is 0. The van der Waals surface area contributed by atoms with Crippen LogP contribution in [0.15, 0.2) is 144 Å². The molecule has 0 radical (unpaired) electrons. The van der Waals surface area contributed by atoms with Crippen molar-refractivity contribution < 1.29 is 4.42 Å². The van der Waals surface area contributed by atoms with E-state index >= 15 is 0 Å². The maximum absolute atomic E-state index is 7.46. The van der Waals surface area contributed by atoms with Gasteiger partial charge in [-0.05, 0) is 35.4 Å². The van der Waals surface area contributed by atoms with Crippen LogP contribution >= 0.6 is 0 Å². The lowest BCUT2D eigenvalue weighted by Gasteiger charge is -2.11. The van der Waals surface area contributed by atoms with Crippen LogP contribution in [0.2, 0.25) is 0 Å². The topological polar surface area (TPSA) is 61.1 Å². The Morgan fingerprint density at radius 3 is 1.89 bits per heavy atom. The van der Waals surface area contributed by atoms with Crippen LogP contribution in [0, 0.1) is 6.57 Å². The van der Waals surface area contributed by atoms with Crippen molar-refractivity contribution in [3.8, 4) is 39.9 Å². The number of para-hydroxylation sites is 3. The van der Waals surface area contributed by atoms with E-state index in [2.05, 4.69) is 82.2 Å². The van der Waals surface area contributed by atoms with Gasteiger partial charge >= 0.3 is 0 Å². The molecule has 0 unspecified atom stereocenters. The lowest BCUT2D eigenvalue weighted by molar-refractivity contribution is 0.669. The highest BCUT2D eigenvalue weighted by molar-refractivity contribution is 6.10. The van der Waals surface area contributed by atoms with Gasteiger partial charge in [-0.1, -0.05) is 115 Å². The van der Waals surface area contributed by atoms with Crippen molar-refractivity contribution in [3.05, 3.63) is 151 Å². The van der Waals surface area contributed by atoms with Crippen LogP contribution in [-0.2, 0) is 0 Å². The standard InChI is InChI=1S/C40H23N5O/c1-41-28-22-23-31-32-14-9-15-33(37(32)46-36(31)24-28)39-42-38(27-20-18-26(19-21-27)25-10-3-2-4-11-25)43-40(44-39)45-34-16-7-5-12-29(34)30-13-6-8-17-35(30)45/h2-24H. The number of furan rings is 1. The molecular formula is C40H23N5O. The minimum Gasteiger partial charge on any atom is -0.457 e. The normalized spacial score (nSPS) is 11.5. The Hall–Kier alpha value is -6.58. The van der Waals surface area contributed by atoms with Gasteiger partial charge in [-0.15, -0.1) is 0 Å². The fraction of sp³-hybridized carbons (Fsp3) is 0. The summed E-state index contributed by atoms with van der Waals surface area (Å²) in [5.41, 5.74) is 7.78. The van der Waals surface area contributed by atoms with Crippen molar-refractivity contribution >= 4 is 49.4 Å². The van der Waals surface area contributed by atoms with Crippen LogP contribution in [0.3, 0.4) is 0 Å². The predicted octanol–water partition coefficient (Wildman–Crippen LogP) is 10.4. The van der Waals surface area contributed by atoms with Crippen molar-refractivity contribution in [2.75, 3.05) is 0 Å². The van der Waals surface area contributed by atoms with Crippen LogP contribution in [0.4, 0.5) is 5.69 Å². The maximum atomic E-state index is 7.46. The largest absolute Gasteiger partial charge is 0.457 e. The third kappa shape index (κ3) is 4.07. The van der Waals surface area contributed by atoms with Gasteiger partial charge in [0.1, 0.15) is 11.2 Å². The third-order valence-corrected chi connectivity index (χ3v) is 8.51. The van der Waals surface area contributed by atoms with Crippen molar-refractivity contribution in [1.29, 1.82) is 0 Å². The van der Waals surface area contributed by atoms with Gasteiger partial charge in [-0.2, -0.15) is 9.97 Å². The van der Waals surface area contributed by atoms with Gasteiger partial charge in [-0.3, -0.25) is 4.57 Å². The molecule has 0 bridgehead atoms. The molecule has 0 saturated heterocycles. The minimum atomic E-state index is 0.504. The van der Waals surface area contributed by atoms with Gasteiger partial charge in [0, 0.05) is 27.1 Å². The molecule has 6 nitrogen and oxygen atoms in total. The summed E-state index contributed by atoms with van der Waals surface area (Å²) in [5, 5.41) is 4.14. The molecule has 0 saturated carbocycles. The Kier molecular flexibility index (Phi) is 5.77. The highest BCUT2D eigenvalue weighted by Gasteiger charge is 2.20. The van der Waals surface area contributed by atoms with Crippen LogP contribution < -0.4 is 0 Å². The second kappa shape index (κ2) is 10.3. The smallest absolute Gasteiger partial charge is 0.238 e. The first kappa shape index (κ1) is 25.9. The zero-order valence-electron chi connectivity index (χ0n) is 24.4. The van der Waals surface area contributed by atoms with Crippen LogP contribution in [0.5, 0.6) is 0 Å². The predicted molar refractivity (Wildman–Crippen MR) is 184 cm³/mol. The second-order valence-corrected chi connectivity index (χ2v) is 11.2. The average Bonchev–Trinajstić information content (AvgIpc) is 3.67. The van der Waals surface area contributed by atoms with Crippen molar-refractivity contribution in [3.63, 3.8) is 0 Å². The van der Waals surface area contributed by atoms with E-state index in [1.807, 2.05) is 60.7 Å². The molecule has 3 aromatic heterocycles. The summed E-state index contributed by atoms with van der Waals surface area (Å²) in [6.07, 6.45) is 0. The molecule has 214 valence electrons. The molecule has 0 N–H and O–H groups in total. The molecule has 3 heterocycles.